The predicted molar refractivity (Wildman–Crippen MR) is 87.6 cm³/mol. The molecule has 3 aromatic heterocycles. The number of carbonyl (C=O) groups excluding carboxylic acids is 1. The van der Waals surface area contributed by atoms with Crippen molar-refractivity contribution in [1.82, 2.24) is 25.0 Å². The van der Waals surface area contributed by atoms with Gasteiger partial charge in [-0.2, -0.15) is 10.2 Å². The maximum atomic E-state index is 14.1. The molecular weight excluding hydrogens is 331 g/mol. The van der Waals surface area contributed by atoms with Crippen LogP contribution in [-0.4, -0.2) is 36.5 Å². The Morgan fingerprint density at radius 1 is 1.46 bits per heavy atom. The van der Waals surface area contributed by atoms with Gasteiger partial charge in [-0.1, -0.05) is 0 Å². The van der Waals surface area contributed by atoms with Crippen molar-refractivity contribution in [2.24, 2.45) is 0 Å². The zero-order valence-electron chi connectivity index (χ0n) is 12.7. The molecule has 1 aliphatic carbocycles. The third-order valence-corrected chi connectivity index (χ3v) is 4.96. The van der Waals surface area contributed by atoms with Crippen LogP contribution in [0.2, 0.25) is 0 Å². The highest BCUT2D eigenvalue weighted by atomic mass is 32.1. The van der Waals surface area contributed by atoms with Crippen molar-refractivity contribution in [1.29, 1.82) is 0 Å². The molecule has 4 rings (SSSR count). The van der Waals surface area contributed by atoms with E-state index in [2.05, 4.69) is 25.6 Å². The number of thiazole rings is 1. The fraction of sp³-hybridized carbons (Fsp3) is 0.333. The van der Waals surface area contributed by atoms with Crippen LogP contribution >= 0.6 is 11.3 Å². The number of hydrogen-bond acceptors (Lipinski definition) is 5. The average Bonchev–Trinajstić information content (AvgIpc) is 3.26. The van der Waals surface area contributed by atoms with Crippen molar-refractivity contribution in [3.8, 4) is 10.6 Å². The van der Waals surface area contributed by atoms with Gasteiger partial charge in [0, 0.05) is 23.3 Å². The third-order valence-electron chi connectivity index (χ3n) is 4.07. The van der Waals surface area contributed by atoms with Crippen LogP contribution < -0.4 is 5.32 Å². The maximum absolute atomic E-state index is 14.1. The number of halogens is 1. The molecule has 0 radical (unpaired) electrons. The summed E-state index contributed by atoms with van der Waals surface area (Å²) < 4.78 is 15.6. The number of amides is 1. The molecule has 0 bridgehead atoms. The van der Waals surface area contributed by atoms with E-state index < -0.39 is 5.67 Å². The van der Waals surface area contributed by atoms with Gasteiger partial charge in [-0.25, -0.2) is 9.37 Å². The molecule has 124 valence electrons. The molecule has 1 saturated carbocycles. The molecule has 0 unspecified atom stereocenters. The maximum Gasteiger partial charge on any atom is 0.275 e. The molecule has 24 heavy (non-hydrogen) atoms. The first-order chi connectivity index (χ1) is 11.6. The fourth-order valence-corrected chi connectivity index (χ4v) is 3.38. The minimum Gasteiger partial charge on any atom is -0.318 e. The Balaban J connectivity index is 1.42. The smallest absolute Gasteiger partial charge is 0.275 e. The summed E-state index contributed by atoms with van der Waals surface area (Å²) in [6, 6.07) is 0. The predicted octanol–water partition coefficient (Wildman–Crippen LogP) is 2.87. The van der Waals surface area contributed by atoms with Gasteiger partial charge in [0.05, 0.1) is 24.6 Å². The van der Waals surface area contributed by atoms with Crippen LogP contribution in [0, 0.1) is 0 Å². The van der Waals surface area contributed by atoms with E-state index in [9.17, 15) is 9.18 Å². The van der Waals surface area contributed by atoms with E-state index >= 15 is 0 Å². The van der Waals surface area contributed by atoms with Gasteiger partial charge >= 0.3 is 0 Å². The Bertz CT molecular complexity index is 851. The van der Waals surface area contributed by atoms with E-state index in [4.69, 9.17) is 0 Å². The van der Waals surface area contributed by atoms with Crippen LogP contribution in [0.15, 0.2) is 30.2 Å². The van der Waals surface area contributed by atoms with E-state index in [0.717, 1.165) is 12.0 Å². The number of hydrogen-bond donors (Lipinski definition) is 2. The molecule has 1 aliphatic rings. The van der Waals surface area contributed by atoms with E-state index in [1.165, 1.54) is 22.2 Å². The first-order valence-electron chi connectivity index (χ1n) is 7.59. The quantitative estimate of drug-likeness (QED) is 0.743. The number of rotatable bonds is 5. The number of nitrogens with zero attached hydrogens (tertiary/aromatic N) is 4. The van der Waals surface area contributed by atoms with Crippen molar-refractivity contribution in [3.63, 3.8) is 0 Å². The first-order valence-corrected chi connectivity index (χ1v) is 8.47. The average molecular weight is 346 g/mol. The van der Waals surface area contributed by atoms with Crippen molar-refractivity contribution in [2.75, 3.05) is 5.32 Å². The van der Waals surface area contributed by atoms with E-state index in [-0.39, 0.29) is 12.5 Å². The number of aromatic nitrogens is 5. The molecule has 1 amide bonds. The second kappa shape index (κ2) is 5.82. The molecular formula is C15H15FN6OS. The molecule has 9 heteroatoms. The highest BCUT2D eigenvalue weighted by Gasteiger charge is 2.37. The lowest BCUT2D eigenvalue weighted by Crippen LogP contribution is -2.36. The summed E-state index contributed by atoms with van der Waals surface area (Å²) in [6.07, 6.45) is 8.60. The lowest BCUT2D eigenvalue weighted by atomic mass is 9.82. The SMILES string of the molecule is O=C(Nc1cnn(CC2(F)CCC2)c1)c1csc(-c2cn[nH]c2)n1. The van der Waals surface area contributed by atoms with E-state index in [1.807, 2.05) is 0 Å². The number of carbonyl (C=O) groups is 1. The molecule has 0 spiro atoms. The number of anilines is 1. The van der Waals surface area contributed by atoms with E-state index in [1.54, 1.807) is 24.0 Å². The van der Waals surface area contributed by atoms with Crippen LogP contribution in [-0.2, 0) is 6.54 Å². The summed E-state index contributed by atoms with van der Waals surface area (Å²) in [5.74, 6) is -0.320. The number of H-pyrrole nitrogens is 1. The van der Waals surface area contributed by atoms with Crippen LogP contribution in [0.25, 0.3) is 10.6 Å². The zero-order chi connectivity index (χ0) is 16.6. The van der Waals surface area contributed by atoms with Gasteiger partial charge in [-0.3, -0.25) is 14.6 Å². The lowest BCUT2D eigenvalue weighted by Gasteiger charge is -2.33. The van der Waals surface area contributed by atoms with Crippen molar-refractivity contribution in [3.05, 3.63) is 35.9 Å². The molecule has 3 aromatic rings. The minimum absolute atomic E-state index is 0.226. The van der Waals surface area contributed by atoms with Crippen molar-refractivity contribution < 1.29 is 9.18 Å². The number of alkyl halides is 1. The Morgan fingerprint density at radius 2 is 2.33 bits per heavy atom. The van der Waals surface area contributed by atoms with Crippen molar-refractivity contribution >= 4 is 22.9 Å². The highest BCUT2D eigenvalue weighted by molar-refractivity contribution is 7.13. The Hall–Kier alpha value is -2.55. The Labute approximate surface area is 140 Å². The molecule has 2 N–H and O–H groups in total. The van der Waals surface area contributed by atoms with Gasteiger partial charge in [-0.05, 0) is 19.3 Å². The van der Waals surface area contributed by atoms with Crippen LogP contribution in [0.4, 0.5) is 10.1 Å². The molecule has 0 aromatic carbocycles. The molecule has 0 atom stereocenters. The number of nitrogens with one attached hydrogen (secondary N) is 2. The molecule has 7 nitrogen and oxygen atoms in total. The summed E-state index contributed by atoms with van der Waals surface area (Å²) in [6.45, 7) is 0.226. The summed E-state index contributed by atoms with van der Waals surface area (Å²) in [7, 11) is 0. The Kier molecular flexibility index (Phi) is 3.64. The van der Waals surface area contributed by atoms with Gasteiger partial charge in [0.1, 0.15) is 16.4 Å². The van der Waals surface area contributed by atoms with Gasteiger partial charge in [0.2, 0.25) is 0 Å². The fourth-order valence-electron chi connectivity index (χ4n) is 2.60. The summed E-state index contributed by atoms with van der Waals surface area (Å²) in [5.41, 5.74) is 0.535. The second-order valence-corrected chi connectivity index (χ2v) is 6.77. The van der Waals surface area contributed by atoms with Gasteiger partial charge in [0.15, 0.2) is 0 Å². The normalized spacial score (nSPS) is 15.9. The lowest BCUT2D eigenvalue weighted by molar-refractivity contribution is 0.0405. The van der Waals surface area contributed by atoms with Crippen LogP contribution in [0.5, 0.6) is 0 Å². The third kappa shape index (κ3) is 2.94. The standard InChI is InChI=1S/C15H15FN6OS/c16-15(2-1-3-15)9-22-7-11(6-19-22)20-13(23)12-8-24-14(21-12)10-4-17-18-5-10/h4-8H,1-3,9H2,(H,17,18)(H,20,23). The Morgan fingerprint density at radius 3 is 3.04 bits per heavy atom. The first kappa shape index (κ1) is 15.0. The van der Waals surface area contributed by atoms with Crippen LogP contribution in [0.1, 0.15) is 29.8 Å². The van der Waals surface area contributed by atoms with Crippen LogP contribution in [0.3, 0.4) is 0 Å². The summed E-state index contributed by atoms with van der Waals surface area (Å²) in [4.78, 5) is 16.6. The van der Waals surface area contributed by atoms with E-state index in [0.29, 0.717) is 29.2 Å². The minimum atomic E-state index is -1.15. The monoisotopic (exact) mass is 346 g/mol. The topological polar surface area (TPSA) is 88.5 Å². The largest absolute Gasteiger partial charge is 0.318 e. The van der Waals surface area contributed by atoms with Crippen molar-refractivity contribution in [2.45, 2.75) is 31.5 Å². The molecule has 3 heterocycles. The summed E-state index contributed by atoms with van der Waals surface area (Å²) >= 11 is 1.37. The molecule has 0 saturated heterocycles. The number of aromatic amines is 1. The van der Waals surface area contributed by atoms with Gasteiger partial charge < -0.3 is 5.32 Å². The van der Waals surface area contributed by atoms with Gasteiger partial charge in [0.25, 0.3) is 5.91 Å². The van der Waals surface area contributed by atoms with Gasteiger partial charge in [-0.15, -0.1) is 11.3 Å². The second-order valence-electron chi connectivity index (χ2n) is 5.91. The summed E-state index contributed by atoms with van der Waals surface area (Å²) in [5, 5.41) is 15.8. The zero-order valence-corrected chi connectivity index (χ0v) is 13.5. The highest BCUT2D eigenvalue weighted by Crippen LogP contribution is 2.37. The molecule has 1 fully saturated rings. The molecule has 0 aliphatic heterocycles.